The molecule has 2 N–H and O–H groups in total. The number of aromatic nitrogens is 1. The van der Waals surface area contributed by atoms with Crippen LogP contribution in [0.25, 0.3) is 0 Å². The quantitative estimate of drug-likeness (QED) is 0.774. The van der Waals surface area contributed by atoms with Crippen molar-refractivity contribution in [2.75, 3.05) is 11.9 Å². The fourth-order valence-corrected chi connectivity index (χ4v) is 2.45. The third-order valence-electron chi connectivity index (χ3n) is 3.62. The molecule has 0 saturated heterocycles. The average Bonchev–Trinajstić information content (AvgIpc) is 2.59. The number of anilines is 1. The minimum Gasteiger partial charge on any atom is -0.488 e. The van der Waals surface area contributed by atoms with Gasteiger partial charge in [0.1, 0.15) is 18.2 Å². The number of rotatable bonds is 7. The Labute approximate surface area is 155 Å². The molecule has 2 amide bonds. The second kappa shape index (κ2) is 9.07. The van der Waals surface area contributed by atoms with Gasteiger partial charge in [0.2, 0.25) is 5.91 Å². The van der Waals surface area contributed by atoms with Crippen molar-refractivity contribution < 1.29 is 23.1 Å². The van der Waals surface area contributed by atoms with E-state index in [9.17, 15) is 18.4 Å². The maximum absolute atomic E-state index is 12.5. The normalized spacial score (nSPS) is 11.8. The zero-order valence-corrected chi connectivity index (χ0v) is 15.3. The van der Waals surface area contributed by atoms with Gasteiger partial charge in [-0.3, -0.25) is 9.59 Å². The van der Waals surface area contributed by atoms with Gasteiger partial charge in [-0.25, -0.2) is 13.8 Å². The number of carbonyl (C=O) groups excluding carboxylic acids is 2. The molecule has 144 valence electrons. The maximum atomic E-state index is 12.5. The molecular weight excluding hydrogens is 356 g/mol. The van der Waals surface area contributed by atoms with Gasteiger partial charge in [-0.05, 0) is 49.2 Å². The highest BCUT2D eigenvalue weighted by molar-refractivity contribution is 5.96. The van der Waals surface area contributed by atoms with Crippen molar-refractivity contribution >= 4 is 17.6 Å². The third kappa shape index (κ3) is 6.32. The molecule has 6 nitrogen and oxygen atoms in total. The van der Waals surface area contributed by atoms with Crippen molar-refractivity contribution in [3.05, 3.63) is 53.2 Å². The van der Waals surface area contributed by atoms with Crippen molar-refractivity contribution in [1.29, 1.82) is 0 Å². The Morgan fingerprint density at radius 1 is 1.22 bits per heavy atom. The molecule has 0 radical (unpaired) electrons. The number of ether oxygens (including phenoxy) is 1. The molecule has 1 atom stereocenters. The highest BCUT2D eigenvalue weighted by atomic mass is 19.3. The summed E-state index contributed by atoms with van der Waals surface area (Å²) in [5.41, 5.74) is 1.89. The first-order valence-electron chi connectivity index (χ1n) is 8.31. The largest absolute Gasteiger partial charge is 0.488 e. The highest BCUT2D eigenvalue weighted by Crippen LogP contribution is 2.23. The average molecular weight is 377 g/mol. The number of nitrogens with one attached hydrogen (secondary N) is 2. The Morgan fingerprint density at radius 2 is 1.96 bits per heavy atom. The summed E-state index contributed by atoms with van der Waals surface area (Å²) in [7, 11) is 0. The van der Waals surface area contributed by atoms with Gasteiger partial charge in [0, 0.05) is 18.7 Å². The zero-order chi connectivity index (χ0) is 20.0. The lowest BCUT2D eigenvalue weighted by atomic mass is 10.0. The van der Waals surface area contributed by atoms with E-state index in [1.165, 1.54) is 25.3 Å². The van der Waals surface area contributed by atoms with Gasteiger partial charge in [0.15, 0.2) is 0 Å². The number of aryl methyl sites for hydroxylation is 1. The lowest BCUT2D eigenvalue weighted by Gasteiger charge is -2.17. The molecule has 0 saturated carbocycles. The van der Waals surface area contributed by atoms with Crippen LogP contribution >= 0.6 is 0 Å². The van der Waals surface area contributed by atoms with Crippen LogP contribution in [0.5, 0.6) is 5.75 Å². The van der Waals surface area contributed by atoms with Crippen LogP contribution in [0.1, 0.15) is 41.4 Å². The first-order chi connectivity index (χ1) is 12.7. The van der Waals surface area contributed by atoms with E-state index in [2.05, 4.69) is 15.6 Å². The number of pyridine rings is 1. The van der Waals surface area contributed by atoms with Crippen LogP contribution < -0.4 is 15.4 Å². The molecule has 8 heteroatoms. The van der Waals surface area contributed by atoms with Crippen molar-refractivity contribution in [1.82, 2.24) is 10.3 Å². The monoisotopic (exact) mass is 377 g/mol. The minimum atomic E-state index is -2.56. The third-order valence-corrected chi connectivity index (χ3v) is 3.62. The van der Waals surface area contributed by atoms with Gasteiger partial charge in [-0.15, -0.1) is 0 Å². The Kier molecular flexibility index (Phi) is 6.81. The summed E-state index contributed by atoms with van der Waals surface area (Å²) >= 11 is 0. The van der Waals surface area contributed by atoms with Crippen LogP contribution in [-0.2, 0) is 4.79 Å². The lowest BCUT2D eigenvalue weighted by molar-refractivity contribution is -0.114. The molecule has 2 rings (SSSR count). The zero-order valence-electron chi connectivity index (χ0n) is 15.3. The molecule has 2 aromatic rings. The molecular formula is C19H21F2N3O3. The predicted molar refractivity (Wildman–Crippen MR) is 97.1 cm³/mol. The van der Waals surface area contributed by atoms with Crippen LogP contribution in [0.4, 0.5) is 14.6 Å². The Bertz CT molecular complexity index is 828. The summed E-state index contributed by atoms with van der Waals surface area (Å²) in [5, 5.41) is 5.34. The molecule has 0 spiro atoms. The number of carbonyl (C=O) groups is 2. The van der Waals surface area contributed by atoms with E-state index in [-0.39, 0.29) is 23.7 Å². The molecule has 1 heterocycles. The van der Waals surface area contributed by atoms with E-state index >= 15 is 0 Å². The number of hydrogen-bond acceptors (Lipinski definition) is 4. The van der Waals surface area contributed by atoms with Crippen molar-refractivity contribution in [3.63, 3.8) is 0 Å². The van der Waals surface area contributed by atoms with Crippen LogP contribution in [0.2, 0.25) is 0 Å². The van der Waals surface area contributed by atoms with E-state index < -0.39 is 13.0 Å². The van der Waals surface area contributed by atoms with Crippen LogP contribution in [0.15, 0.2) is 36.5 Å². The number of benzene rings is 1. The maximum Gasteiger partial charge on any atom is 0.272 e. The summed E-state index contributed by atoms with van der Waals surface area (Å²) in [6, 6.07) is 7.73. The van der Waals surface area contributed by atoms with Crippen LogP contribution in [0.3, 0.4) is 0 Å². The topological polar surface area (TPSA) is 80.3 Å². The molecule has 0 aliphatic heterocycles. The SMILES string of the molecule is CC(=O)Nc1cc(C(=O)NC(C)c2cc(C)cc(OCC(F)F)c2)ccn1. The predicted octanol–water partition coefficient (Wildman–Crippen LogP) is 3.48. The van der Waals surface area contributed by atoms with E-state index in [1.807, 2.05) is 13.0 Å². The number of halogens is 2. The molecule has 27 heavy (non-hydrogen) atoms. The summed E-state index contributed by atoms with van der Waals surface area (Å²) in [6.45, 7) is 4.25. The van der Waals surface area contributed by atoms with Gasteiger partial charge in [-0.1, -0.05) is 6.07 Å². The second-order valence-corrected chi connectivity index (χ2v) is 6.09. The second-order valence-electron chi connectivity index (χ2n) is 6.09. The van der Waals surface area contributed by atoms with Gasteiger partial charge in [-0.2, -0.15) is 0 Å². The van der Waals surface area contributed by atoms with Crippen molar-refractivity contribution in [2.45, 2.75) is 33.2 Å². The Hall–Kier alpha value is -3.03. The number of amides is 2. The molecule has 1 aromatic heterocycles. The summed E-state index contributed by atoms with van der Waals surface area (Å²) in [6.07, 6.45) is -1.14. The summed E-state index contributed by atoms with van der Waals surface area (Å²) < 4.78 is 29.7. The number of alkyl halides is 2. The first-order valence-corrected chi connectivity index (χ1v) is 8.31. The van der Waals surface area contributed by atoms with Gasteiger partial charge < -0.3 is 15.4 Å². The number of hydrogen-bond donors (Lipinski definition) is 2. The summed E-state index contributed by atoms with van der Waals surface area (Å²) in [5.74, 6) is -0.0399. The number of nitrogens with zero attached hydrogens (tertiary/aromatic N) is 1. The van der Waals surface area contributed by atoms with Crippen LogP contribution in [-0.4, -0.2) is 29.8 Å². The highest BCUT2D eigenvalue weighted by Gasteiger charge is 2.14. The molecule has 0 aliphatic rings. The van der Waals surface area contributed by atoms with E-state index in [1.54, 1.807) is 19.1 Å². The lowest BCUT2D eigenvalue weighted by Crippen LogP contribution is -2.27. The molecule has 0 bridgehead atoms. The molecule has 1 aromatic carbocycles. The Balaban J connectivity index is 2.11. The fourth-order valence-electron chi connectivity index (χ4n) is 2.45. The van der Waals surface area contributed by atoms with Gasteiger partial charge in [0.05, 0.1) is 6.04 Å². The van der Waals surface area contributed by atoms with Gasteiger partial charge in [0.25, 0.3) is 12.3 Å². The van der Waals surface area contributed by atoms with E-state index in [0.717, 1.165) is 11.1 Å². The van der Waals surface area contributed by atoms with E-state index in [4.69, 9.17) is 4.74 Å². The standard InChI is InChI=1S/C19H21F2N3O3/c1-11-6-15(8-16(7-11)27-10-17(20)21)12(2)23-19(26)14-4-5-22-18(9-14)24-13(3)25/h4-9,12,17H,10H2,1-3H3,(H,23,26)(H,22,24,25). The Morgan fingerprint density at radius 3 is 2.63 bits per heavy atom. The van der Waals surface area contributed by atoms with Crippen molar-refractivity contribution in [3.8, 4) is 5.75 Å². The van der Waals surface area contributed by atoms with Crippen LogP contribution in [0, 0.1) is 6.92 Å². The fraction of sp³-hybridized carbons (Fsp3) is 0.316. The van der Waals surface area contributed by atoms with Crippen molar-refractivity contribution in [2.24, 2.45) is 0 Å². The summed E-state index contributed by atoms with van der Waals surface area (Å²) in [4.78, 5) is 27.5. The molecule has 1 unspecified atom stereocenters. The van der Waals surface area contributed by atoms with E-state index in [0.29, 0.717) is 11.3 Å². The molecule has 0 fully saturated rings. The first kappa shape index (κ1) is 20.3. The minimum absolute atomic E-state index is 0.279. The molecule has 0 aliphatic carbocycles. The van der Waals surface area contributed by atoms with Gasteiger partial charge >= 0.3 is 0 Å². The smallest absolute Gasteiger partial charge is 0.272 e.